The van der Waals surface area contributed by atoms with Gasteiger partial charge in [0.15, 0.2) is 0 Å². The van der Waals surface area contributed by atoms with E-state index in [0.29, 0.717) is 5.57 Å². The summed E-state index contributed by atoms with van der Waals surface area (Å²) in [5.74, 6) is -0.406. The van der Waals surface area contributed by atoms with Crippen molar-refractivity contribution in [3.05, 3.63) is 12.2 Å². The minimum absolute atomic E-state index is 0.0763. The van der Waals surface area contributed by atoms with Gasteiger partial charge in [-0.3, -0.25) is 0 Å². The molecule has 14 heavy (non-hydrogen) atoms. The van der Waals surface area contributed by atoms with Crippen LogP contribution in [0.4, 0.5) is 0 Å². The van der Waals surface area contributed by atoms with E-state index in [1.165, 1.54) is 0 Å². The van der Waals surface area contributed by atoms with Crippen molar-refractivity contribution in [2.45, 2.75) is 26.9 Å². The summed E-state index contributed by atoms with van der Waals surface area (Å²) >= 11 is 0. The predicted molar refractivity (Wildman–Crippen MR) is 54.8 cm³/mol. The molecule has 81 valence electrons. The molecule has 0 atom stereocenters. The first-order valence-electron chi connectivity index (χ1n) is 4.36. The lowest BCUT2D eigenvalue weighted by molar-refractivity contribution is -0.137. The van der Waals surface area contributed by atoms with Crippen molar-refractivity contribution in [3.63, 3.8) is 0 Å². The molecule has 0 saturated carbocycles. The number of rotatable bonds is 6. The third-order valence-electron chi connectivity index (χ3n) is 1.26. The summed E-state index contributed by atoms with van der Waals surface area (Å²) < 4.78 is 15.4. The zero-order chi connectivity index (χ0) is 11.1. The second kappa shape index (κ2) is 6.75. The molecule has 5 heteroatoms. The third kappa shape index (κ3) is 5.90. The van der Waals surface area contributed by atoms with E-state index in [2.05, 4.69) is 6.58 Å². The first-order valence-corrected chi connectivity index (χ1v) is 5.88. The number of carbonyl (C=O) groups excluding carboxylic acids is 1. The maximum atomic E-state index is 11.0. The molecule has 0 saturated heterocycles. The Morgan fingerprint density at radius 2 is 2.07 bits per heavy atom. The van der Waals surface area contributed by atoms with Crippen LogP contribution in [0.5, 0.6) is 0 Å². The van der Waals surface area contributed by atoms with Crippen molar-refractivity contribution in [2.24, 2.45) is 0 Å². The van der Waals surface area contributed by atoms with Crippen molar-refractivity contribution in [2.75, 3.05) is 13.3 Å². The van der Waals surface area contributed by atoms with Gasteiger partial charge in [-0.2, -0.15) is 0 Å². The topological polar surface area (TPSA) is 44.8 Å². The standard InChI is InChI=1S/C9H17O4Si/c1-7(2)9(10)12-6-14(11-5)13-8(3)4/h8H,1,6H2,2-5H3. The molecule has 0 bridgehead atoms. The second-order valence-electron chi connectivity index (χ2n) is 3.10. The second-order valence-corrected chi connectivity index (χ2v) is 4.78. The molecule has 4 nitrogen and oxygen atoms in total. The molecule has 0 aliphatic rings. The molecule has 0 aliphatic carbocycles. The molecule has 0 spiro atoms. The molecule has 0 aromatic heterocycles. The average Bonchev–Trinajstić information content (AvgIpc) is 2.10. The Balaban J connectivity index is 3.83. The number of carbonyl (C=O) groups is 1. The van der Waals surface area contributed by atoms with Crippen LogP contribution in [0.15, 0.2) is 12.2 Å². The minimum Gasteiger partial charge on any atom is -0.461 e. The van der Waals surface area contributed by atoms with E-state index < -0.39 is 15.3 Å². The van der Waals surface area contributed by atoms with Gasteiger partial charge >= 0.3 is 15.3 Å². The number of esters is 1. The van der Waals surface area contributed by atoms with E-state index in [0.717, 1.165) is 0 Å². The molecular formula is C9H17O4Si. The van der Waals surface area contributed by atoms with E-state index in [9.17, 15) is 4.79 Å². The molecule has 0 aromatic rings. The summed E-state index contributed by atoms with van der Waals surface area (Å²) in [7, 11) is 0.0511. The quantitative estimate of drug-likeness (QED) is 0.381. The van der Waals surface area contributed by atoms with Gasteiger partial charge in [-0.1, -0.05) is 6.58 Å². The summed E-state index contributed by atoms with van der Waals surface area (Å²) in [6, 6.07) is 0. The third-order valence-corrected chi connectivity index (χ3v) is 2.83. The van der Waals surface area contributed by atoms with Gasteiger partial charge in [-0.15, -0.1) is 0 Å². The zero-order valence-corrected chi connectivity index (χ0v) is 10.1. The maximum Gasteiger partial charge on any atom is 0.426 e. The summed E-state index contributed by atoms with van der Waals surface area (Å²) in [5.41, 5.74) is 0.381. The van der Waals surface area contributed by atoms with Gasteiger partial charge in [-0.25, -0.2) is 4.79 Å². The Morgan fingerprint density at radius 1 is 1.50 bits per heavy atom. The van der Waals surface area contributed by atoms with Crippen molar-refractivity contribution in [3.8, 4) is 0 Å². The van der Waals surface area contributed by atoms with Gasteiger partial charge in [0, 0.05) is 18.8 Å². The Hall–Kier alpha value is -0.653. The smallest absolute Gasteiger partial charge is 0.426 e. The number of ether oxygens (including phenoxy) is 1. The average molecular weight is 217 g/mol. The molecule has 0 amide bonds. The van der Waals surface area contributed by atoms with Crippen molar-refractivity contribution in [1.29, 1.82) is 0 Å². The summed E-state index contributed by atoms with van der Waals surface area (Å²) in [6.07, 6.45) is 0.262. The van der Waals surface area contributed by atoms with E-state index in [-0.39, 0.29) is 12.3 Å². The molecule has 0 rings (SSSR count). The fraction of sp³-hybridized carbons (Fsp3) is 0.667. The first-order chi connectivity index (χ1) is 6.47. The van der Waals surface area contributed by atoms with Gasteiger partial charge in [0.05, 0.1) is 0 Å². The summed E-state index contributed by atoms with van der Waals surface area (Å²) in [5, 5.41) is 0. The fourth-order valence-electron chi connectivity index (χ4n) is 0.652. The molecule has 0 fully saturated rings. The highest BCUT2D eigenvalue weighted by Crippen LogP contribution is 1.98. The molecule has 0 heterocycles. The highest BCUT2D eigenvalue weighted by Gasteiger charge is 2.18. The minimum atomic E-state index is -1.50. The molecular weight excluding hydrogens is 200 g/mol. The monoisotopic (exact) mass is 217 g/mol. The van der Waals surface area contributed by atoms with Gasteiger partial charge in [0.1, 0.15) is 6.23 Å². The Bertz CT molecular complexity index is 203. The zero-order valence-electron chi connectivity index (χ0n) is 9.12. The van der Waals surface area contributed by atoms with Crippen LogP contribution in [0.3, 0.4) is 0 Å². The molecule has 0 unspecified atom stereocenters. The summed E-state index contributed by atoms with van der Waals surface area (Å²) in [6.45, 7) is 8.89. The number of hydrogen-bond donors (Lipinski definition) is 0. The van der Waals surface area contributed by atoms with Crippen LogP contribution in [0.25, 0.3) is 0 Å². The molecule has 1 radical (unpaired) electrons. The van der Waals surface area contributed by atoms with E-state index in [1.54, 1.807) is 14.0 Å². The Labute approximate surface area is 86.7 Å². The highest BCUT2D eigenvalue weighted by molar-refractivity contribution is 6.44. The first kappa shape index (κ1) is 13.3. The van der Waals surface area contributed by atoms with Gasteiger partial charge in [0.25, 0.3) is 0 Å². The number of hydrogen-bond acceptors (Lipinski definition) is 4. The van der Waals surface area contributed by atoms with Crippen LogP contribution in [-0.2, 0) is 18.4 Å². The van der Waals surface area contributed by atoms with Crippen molar-refractivity contribution < 1.29 is 18.4 Å². The van der Waals surface area contributed by atoms with Crippen molar-refractivity contribution in [1.82, 2.24) is 0 Å². The van der Waals surface area contributed by atoms with Gasteiger partial charge in [-0.05, 0) is 20.8 Å². The van der Waals surface area contributed by atoms with E-state index >= 15 is 0 Å². The Morgan fingerprint density at radius 3 is 2.43 bits per heavy atom. The van der Waals surface area contributed by atoms with Gasteiger partial charge < -0.3 is 13.6 Å². The largest absolute Gasteiger partial charge is 0.461 e. The Kier molecular flexibility index (Phi) is 6.43. The van der Waals surface area contributed by atoms with Crippen LogP contribution in [0, 0.1) is 0 Å². The maximum absolute atomic E-state index is 11.0. The highest BCUT2D eigenvalue weighted by atomic mass is 28.3. The van der Waals surface area contributed by atoms with Crippen LogP contribution < -0.4 is 0 Å². The van der Waals surface area contributed by atoms with E-state index in [4.69, 9.17) is 13.6 Å². The molecule has 0 aliphatic heterocycles. The predicted octanol–water partition coefficient (Wildman–Crippen LogP) is 1.20. The van der Waals surface area contributed by atoms with Crippen molar-refractivity contribution >= 4 is 15.3 Å². The van der Waals surface area contributed by atoms with Gasteiger partial charge in [0.2, 0.25) is 0 Å². The van der Waals surface area contributed by atoms with Crippen LogP contribution in [0.2, 0.25) is 0 Å². The molecule has 0 N–H and O–H groups in total. The molecule has 0 aromatic carbocycles. The summed E-state index contributed by atoms with van der Waals surface area (Å²) in [4.78, 5) is 11.0. The normalized spacial score (nSPS) is 10.7. The van der Waals surface area contributed by atoms with Crippen LogP contribution >= 0.6 is 0 Å². The van der Waals surface area contributed by atoms with E-state index in [1.807, 2.05) is 13.8 Å². The SMILES string of the molecule is C=C(C)C(=O)OC[Si](OC)OC(C)C. The van der Waals surface area contributed by atoms with Crippen LogP contribution in [0.1, 0.15) is 20.8 Å². The fourth-order valence-corrected chi connectivity index (χ4v) is 1.71. The lowest BCUT2D eigenvalue weighted by Crippen LogP contribution is -2.32. The lowest BCUT2D eigenvalue weighted by Gasteiger charge is -2.15. The lowest BCUT2D eigenvalue weighted by atomic mass is 10.4. The van der Waals surface area contributed by atoms with Crippen LogP contribution in [-0.4, -0.2) is 34.7 Å².